The molecule has 0 aliphatic heterocycles. The Kier molecular flexibility index (Phi) is 24.2. The molecule has 0 heterocycles. The maximum atomic E-state index is 11.8. The molecule has 0 saturated carbocycles. The average molecular weight is 1660 g/mol. The van der Waals surface area contributed by atoms with Crippen LogP contribution in [0, 0.1) is 0 Å². The molecule has 9 aromatic carbocycles. The first kappa shape index (κ1) is 69.0. The first-order valence-electron chi connectivity index (χ1n) is 22.9. The van der Waals surface area contributed by atoms with Gasteiger partial charge in [-0.3, -0.25) is 0 Å². The minimum Gasteiger partial charge on any atom is -0.744 e. The number of hydrogen-bond donors (Lipinski definition) is 0. The molecule has 0 atom stereocenters. The van der Waals surface area contributed by atoms with Crippen molar-refractivity contribution in [2.45, 2.75) is 29.4 Å². The fourth-order valence-corrected chi connectivity index (χ4v) is 22.2. The van der Waals surface area contributed by atoms with Crippen LogP contribution in [-0.2, 0) is 105 Å². The quantitative estimate of drug-likeness (QED) is 0.0801. The van der Waals surface area contributed by atoms with Crippen LogP contribution in [0.4, 0.5) is 0 Å². The van der Waals surface area contributed by atoms with Gasteiger partial charge in [-0.15, -0.1) is 0 Å². The Morgan fingerprint density at radius 2 is 0.313 bits per heavy atom. The van der Waals surface area contributed by atoms with Crippen LogP contribution in [0.3, 0.4) is 0 Å². The van der Waals surface area contributed by atoms with Crippen molar-refractivity contribution in [3.8, 4) is 0 Å². The number of rotatable bonds is 15. The summed E-state index contributed by atoms with van der Waals surface area (Å²) in [6, 6.07) is 59.6. The van der Waals surface area contributed by atoms with Crippen LogP contribution < -0.4 is 47.7 Å². The van der Waals surface area contributed by atoms with Crippen molar-refractivity contribution in [3.63, 3.8) is 0 Å². The molecule has 29 heteroatoms. The predicted molar refractivity (Wildman–Crippen MR) is 303 cm³/mol. The van der Waals surface area contributed by atoms with Gasteiger partial charge in [0.15, 0.2) is 0 Å². The van der Waals surface area contributed by atoms with Crippen LogP contribution in [-0.4, -0.2) is 77.8 Å². The van der Waals surface area contributed by atoms with E-state index in [1.807, 2.05) is 0 Å². The molecule has 18 nitrogen and oxygen atoms in total. The Balaban J connectivity index is 0.000000225. The maximum Gasteiger partial charge on any atom is 3.00 e. The smallest absolute Gasteiger partial charge is 0.744 e. The van der Waals surface area contributed by atoms with Gasteiger partial charge in [-0.1, -0.05) is 200 Å². The van der Waals surface area contributed by atoms with Gasteiger partial charge < -0.3 is 27.3 Å². The van der Waals surface area contributed by atoms with E-state index >= 15 is 0 Å². The van der Waals surface area contributed by atoms with Crippen LogP contribution >= 0.6 is 23.8 Å². The summed E-state index contributed by atoms with van der Waals surface area (Å²) in [5.74, 6) is 0. The van der Waals surface area contributed by atoms with Crippen LogP contribution in [0.1, 0.15) is 0 Å². The molecule has 83 heavy (non-hydrogen) atoms. The molecule has 0 bridgehead atoms. The Hall–Kier alpha value is -4.79. The van der Waals surface area contributed by atoms with Gasteiger partial charge in [-0.25, -0.2) is 50.5 Å². The van der Waals surface area contributed by atoms with Crippen LogP contribution in [0.15, 0.2) is 266 Å². The zero-order valence-electron chi connectivity index (χ0n) is 41.8. The van der Waals surface area contributed by atoms with Gasteiger partial charge in [0.2, 0.25) is 0 Å². The van der Waals surface area contributed by atoms with Gasteiger partial charge in [-0.05, 0) is 76.1 Å². The van der Waals surface area contributed by atoms with Gasteiger partial charge in [-0.2, -0.15) is 0 Å². The van der Waals surface area contributed by atoms with Crippen LogP contribution in [0.25, 0.3) is 0 Å². The first-order chi connectivity index (χ1) is 38.1. The summed E-state index contributed by atoms with van der Waals surface area (Å²) in [5.41, 5.74) is 0. The Bertz CT molecular complexity index is 3770. The summed E-state index contributed by atoms with van der Waals surface area (Å²) in [7, 11) is -34.1. The van der Waals surface area contributed by atoms with Crippen LogP contribution in [0.5, 0.6) is 0 Å². The van der Waals surface area contributed by atoms with E-state index in [-0.39, 0.29) is 76.6 Å². The SMILES string of the molecule is O=S(=O)([O-])c1ccccc1P(c1ccccc1)c1ccccc1S(=O)(=O)[O-].O=S(=O)([O-])c1ccccc1P(c1ccccc1)c1ccccc1S(=O)(=O)[O-].O=S(=O)([O-])c1ccccc1P(c1ccccc1)c1ccccc1S(=O)(=O)[O-].[Au+3].[Au+3]. The van der Waals surface area contributed by atoms with Gasteiger partial charge in [0.1, 0.15) is 60.7 Å². The van der Waals surface area contributed by atoms with Crippen molar-refractivity contribution >= 4 is 132 Å². The number of hydrogen-bond acceptors (Lipinski definition) is 18. The predicted octanol–water partition coefficient (Wildman–Crippen LogP) is 3.75. The maximum absolute atomic E-state index is 11.8. The molecule has 0 saturated heterocycles. The third kappa shape index (κ3) is 17.7. The second-order valence-electron chi connectivity index (χ2n) is 16.5. The average Bonchev–Trinajstić information content (AvgIpc) is 3.61. The van der Waals surface area contributed by atoms with E-state index in [1.165, 1.54) is 109 Å². The fourth-order valence-electron chi connectivity index (χ4n) is 8.07. The summed E-state index contributed by atoms with van der Waals surface area (Å²) < 4.78 is 212. The van der Waals surface area contributed by atoms with Gasteiger partial charge in [0, 0.05) is 31.8 Å². The third-order valence-electron chi connectivity index (χ3n) is 11.3. The molecule has 0 amide bonds. The van der Waals surface area contributed by atoms with Crippen molar-refractivity contribution in [2.75, 3.05) is 0 Å². The summed E-state index contributed by atoms with van der Waals surface area (Å²) in [4.78, 5) is -2.59. The fraction of sp³-hybridized carbons (Fsp3) is 0. The van der Waals surface area contributed by atoms with Gasteiger partial charge in [0.25, 0.3) is 0 Å². The Morgan fingerprint density at radius 3 is 0.446 bits per heavy atom. The van der Waals surface area contributed by atoms with Gasteiger partial charge >= 0.3 is 44.8 Å². The Labute approximate surface area is 515 Å². The second-order valence-corrected chi connectivity index (χ2v) is 31.1. The van der Waals surface area contributed by atoms with E-state index in [0.29, 0.717) is 15.9 Å². The van der Waals surface area contributed by atoms with Crippen molar-refractivity contribution < 1.29 is 123 Å². The normalized spacial score (nSPS) is 12.0. The molecule has 9 rings (SSSR count). The largest absolute Gasteiger partial charge is 3.00 e. The van der Waals surface area contributed by atoms with E-state index in [4.69, 9.17) is 0 Å². The van der Waals surface area contributed by atoms with Crippen molar-refractivity contribution in [2.24, 2.45) is 0 Å². The summed E-state index contributed by atoms with van der Waals surface area (Å²) >= 11 is 0. The topological polar surface area (TPSA) is 343 Å². The molecule has 9 aromatic rings. The first-order valence-corrected chi connectivity index (χ1v) is 35.4. The van der Waals surface area contributed by atoms with E-state index in [1.54, 1.807) is 127 Å². The van der Waals surface area contributed by atoms with Crippen molar-refractivity contribution in [1.82, 2.24) is 0 Å². The molecule has 0 unspecified atom stereocenters. The van der Waals surface area contributed by atoms with E-state index in [2.05, 4.69) is 0 Å². The molecular formula is C54H39Au2O18P3S6. The van der Waals surface area contributed by atoms with Crippen molar-refractivity contribution in [3.05, 3.63) is 237 Å². The van der Waals surface area contributed by atoms with E-state index in [0.717, 1.165) is 0 Å². The summed E-state index contributed by atoms with van der Waals surface area (Å²) in [5, 5.41) is 2.86. The molecule has 0 aliphatic rings. The minimum absolute atomic E-state index is 0. The van der Waals surface area contributed by atoms with E-state index < -0.39 is 114 Å². The van der Waals surface area contributed by atoms with Crippen molar-refractivity contribution in [1.29, 1.82) is 0 Å². The minimum atomic E-state index is -4.80. The molecule has 0 spiro atoms. The number of benzene rings is 9. The van der Waals surface area contributed by atoms with E-state index in [9.17, 15) is 77.8 Å². The molecule has 0 N–H and O–H groups in total. The second kappa shape index (κ2) is 29.1. The molecule has 0 aromatic heterocycles. The molecular weight excluding hydrogens is 1620 g/mol. The zero-order valence-corrected chi connectivity index (χ0v) is 53.7. The van der Waals surface area contributed by atoms with Crippen LogP contribution in [0.2, 0.25) is 0 Å². The summed E-state index contributed by atoms with van der Waals surface area (Å²) in [6.45, 7) is 0. The van der Waals surface area contributed by atoms with Gasteiger partial charge in [0.05, 0.1) is 29.4 Å². The molecule has 0 radical (unpaired) electrons. The standard InChI is InChI=1S/3C18H15O6PS2.2Au/c3*19-26(20,21)17-12-6-4-10-15(17)25(14-8-2-1-3-9-14)16-11-5-7-13-18(16)27(22,23)24;;/h3*1-13H,(H,19,20,21)(H,22,23,24);;/q;;;2*+3/p-6. The zero-order chi connectivity index (χ0) is 59.0. The summed E-state index contributed by atoms with van der Waals surface area (Å²) in [6.07, 6.45) is 0. The molecule has 0 aliphatic carbocycles. The molecule has 436 valence electrons. The monoisotopic (exact) mass is 1650 g/mol. The Morgan fingerprint density at radius 1 is 0.193 bits per heavy atom. The molecule has 0 fully saturated rings. The third-order valence-corrected chi connectivity index (χ3v) is 25.2.